The third-order valence-electron chi connectivity index (χ3n) is 5.40. The lowest BCUT2D eigenvalue weighted by molar-refractivity contribution is -0.133. The second-order valence-electron chi connectivity index (χ2n) is 7.11. The van der Waals surface area contributed by atoms with Crippen molar-refractivity contribution in [2.24, 2.45) is 5.92 Å². The van der Waals surface area contributed by atoms with Crippen LogP contribution >= 0.6 is 36.2 Å². The molecular weight excluding hydrogens is 389 g/mol. The molecule has 150 valence electrons. The highest BCUT2D eigenvalue weighted by molar-refractivity contribution is 7.11. The first-order valence-corrected chi connectivity index (χ1v) is 10.3. The highest BCUT2D eigenvalue weighted by atomic mass is 35.5. The molecule has 0 atom stereocenters. The van der Waals surface area contributed by atoms with E-state index in [0.29, 0.717) is 5.91 Å². The molecule has 1 N–H and O–H groups in total. The molecule has 1 aromatic heterocycles. The Hall–Kier alpha value is -0.330. The Balaban J connectivity index is 0.00000169. The molecular formula is C19H33Cl2N3OS. The van der Waals surface area contributed by atoms with Gasteiger partial charge in [-0.3, -0.25) is 9.69 Å². The summed E-state index contributed by atoms with van der Waals surface area (Å²) in [6, 6.07) is 4.51. The minimum Gasteiger partial charge on any atom is -0.340 e. The summed E-state index contributed by atoms with van der Waals surface area (Å²) in [7, 11) is 0. The molecule has 0 bridgehead atoms. The van der Waals surface area contributed by atoms with E-state index >= 15 is 0 Å². The molecule has 0 spiro atoms. The van der Waals surface area contributed by atoms with Crippen LogP contribution in [0.15, 0.2) is 12.1 Å². The quantitative estimate of drug-likeness (QED) is 0.761. The van der Waals surface area contributed by atoms with Crippen LogP contribution in [0.5, 0.6) is 0 Å². The number of carbonyl (C=O) groups is 1. The number of nitrogens with one attached hydrogen (secondary N) is 1. The fourth-order valence-electron chi connectivity index (χ4n) is 3.73. The summed E-state index contributed by atoms with van der Waals surface area (Å²) in [6.45, 7) is 9.33. The first-order valence-electron chi connectivity index (χ1n) is 9.53. The van der Waals surface area contributed by atoms with Crippen LogP contribution in [0.1, 0.15) is 42.4 Å². The van der Waals surface area contributed by atoms with E-state index in [-0.39, 0.29) is 24.8 Å². The fourth-order valence-corrected chi connectivity index (χ4v) is 4.73. The van der Waals surface area contributed by atoms with E-state index in [1.165, 1.54) is 22.6 Å². The Labute approximate surface area is 174 Å². The first kappa shape index (κ1) is 23.7. The van der Waals surface area contributed by atoms with E-state index in [1.54, 1.807) is 0 Å². The number of halogens is 2. The molecule has 2 fully saturated rings. The average molecular weight is 422 g/mol. The second-order valence-corrected chi connectivity index (χ2v) is 8.36. The zero-order valence-corrected chi connectivity index (χ0v) is 18.2. The van der Waals surface area contributed by atoms with Crippen molar-refractivity contribution in [2.45, 2.75) is 45.6 Å². The predicted octanol–water partition coefficient (Wildman–Crippen LogP) is 3.58. The van der Waals surface area contributed by atoms with Crippen LogP contribution in [0.4, 0.5) is 0 Å². The van der Waals surface area contributed by atoms with Gasteiger partial charge in [0.2, 0.25) is 5.91 Å². The lowest BCUT2D eigenvalue weighted by Crippen LogP contribution is -2.48. The molecule has 0 unspecified atom stereocenters. The van der Waals surface area contributed by atoms with Gasteiger partial charge in [-0.25, -0.2) is 0 Å². The SMILES string of the molecule is CCc1ccc(CN2CCN(C(=O)CCC3CCNCC3)CC2)s1.Cl.Cl. The lowest BCUT2D eigenvalue weighted by atomic mass is 9.93. The maximum Gasteiger partial charge on any atom is 0.222 e. The number of hydrogen-bond acceptors (Lipinski definition) is 4. The summed E-state index contributed by atoms with van der Waals surface area (Å²) >= 11 is 1.93. The van der Waals surface area contributed by atoms with Gasteiger partial charge in [0.1, 0.15) is 0 Å². The smallest absolute Gasteiger partial charge is 0.222 e. The van der Waals surface area contributed by atoms with Gasteiger partial charge in [0.15, 0.2) is 0 Å². The van der Waals surface area contributed by atoms with Crippen molar-refractivity contribution in [3.8, 4) is 0 Å². The summed E-state index contributed by atoms with van der Waals surface area (Å²) in [6.07, 6.45) is 5.43. The molecule has 2 aliphatic heterocycles. The minimum atomic E-state index is 0. The van der Waals surface area contributed by atoms with Crippen LogP contribution in [0.25, 0.3) is 0 Å². The van der Waals surface area contributed by atoms with Crippen molar-refractivity contribution in [1.29, 1.82) is 0 Å². The summed E-state index contributed by atoms with van der Waals surface area (Å²) in [5, 5.41) is 3.40. The van der Waals surface area contributed by atoms with E-state index in [9.17, 15) is 4.79 Å². The first-order chi connectivity index (χ1) is 11.7. The van der Waals surface area contributed by atoms with Crippen molar-refractivity contribution < 1.29 is 4.79 Å². The predicted molar refractivity (Wildman–Crippen MR) is 115 cm³/mol. The molecule has 2 aliphatic rings. The number of hydrogen-bond donors (Lipinski definition) is 1. The number of piperazine rings is 1. The molecule has 3 rings (SSSR count). The Morgan fingerprint density at radius 1 is 1.12 bits per heavy atom. The number of aryl methyl sites for hydroxylation is 1. The van der Waals surface area contributed by atoms with Crippen molar-refractivity contribution in [2.75, 3.05) is 39.3 Å². The maximum atomic E-state index is 12.4. The van der Waals surface area contributed by atoms with Crippen molar-refractivity contribution in [3.05, 3.63) is 21.9 Å². The van der Waals surface area contributed by atoms with Crippen LogP contribution < -0.4 is 5.32 Å². The van der Waals surface area contributed by atoms with Gasteiger partial charge in [-0.1, -0.05) is 6.92 Å². The number of thiophene rings is 1. The van der Waals surface area contributed by atoms with Crippen molar-refractivity contribution in [3.63, 3.8) is 0 Å². The molecule has 26 heavy (non-hydrogen) atoms. The molecule has 0 aromatic carbocycles. The zero-order chi connectivity index (χ0) is 16.8. The van der Waals surface area contributed by atoms with E-state index in [4.69, 9.17) is 0 Å². The van der Waals surface area contributed by atoms with Crippen molar-refractivity contribution in [1.82, 2.24) is 15.1 Å². The Kier molecular flexibility index (Phi) is 11.1. The zero-order valence-electron chi connectivity index (χ0n) is 15.7. The van der Waals surface area contributed by atoms with E-state index in [0.717, 1.165) is 71.0 Å². The third kappa shape index (κ3) is 7.01. The number of rotatable bonds is 6. The van der Waals surface area contributed by atoms with Gasteiger partial charge in [0, 0.05) is 48.9 Å². The largest absolute Gasteiger partial charge is 0.340 e. The Morgan fingerprint density at radius 2 is 1.77 bits per heavy atom. The highest BCUT2D eigenvalue weighted by Crippen LogP contribution is 2.21. The van der Waals surface area contributed by atoms with Crippen LogP contribution in [0.2, 0.25) is 0 Å². The molecule has 4 nitrogen and oxygen atoms in total. The highest BCUT2D eigenvalue weighted by Gasteiger charge is 2.22. The monoisotopic (exact) mass is 421 g/mol. The lowest BCUT2D eigenvalue weighted by Gasteiger charge is -2.35. The molecule has 0 aliphatic carbocycles. The van der Waals surface area contributed by atoms with E-state index in [1.807, 2.05) is 11.3 Å². The summed E-state index contributed by atoms with van der Waals surface area (Å²) in [4.78, 5) is 19.9. The summed E-state index contributed by atoms with van der Waals surface area (Å²) < 4.78 is 0. The van der Waals surface area contributed by atoms with E-state index < -0.39 is 0 Å². The van der Waals surface area contributed by atoms with Crippen molar-refractivity contribution >= 4 is 42.1 Å². The molecule has 0 radical (unpaired) electrons. The number of nitrogens with zero attached hydrogens (tertiary/aromatic N) is 2. The topological polar surface area (TPSA) is 35.6 Å². The molecule has 2 saturated heterocycles. The minimum absolute atomic E-state index is 0. The molecule has 1 amide bonds. The van der Waals surface area contributed by atoms with Gasteiger partial charge in [0.05, 0.1) is 0 Å². The van der Waals surface area contributed by atoms with Gasteiger partial charge in [-0.15, -0.1) is 36.2 Å². The fraction of sp³-hybridized carbons (Fsp3) is 0.737. The number of piperidine rings is 1. The van der Waals surface area contributed by atoms with Gasteiger partial charge >= 0.3 is 0 Å². The van der Waals surface area contributed by atoms with Crippen LogP contribution in [-0.2, 0) is 17.8 Å². The average Bonchev–Trinajstić information content (AvgIpc) is 3.09. The van der Waals surface area contributed by atoms with Gasteiger partial charge < -0.3 is 10.2 Å². The van der Waals surface area contributed by atoms with Crippen LogP contribution in [0.3, 0.4) is 0 Å². The second kappa shape index (κ2) is 12.2. The van der Waals surface area contributed by atoms with Gasteiger partial charge in [0.25, 0.3) is 0 Å². The summed E-state index contributed by atoms with van der Waals surface area (Å²) in [5.41, 5.74) is 0. The van der Waals surface area contributed by atoms with Gasteiger partial charge in [-0.2, -0.15) is 0 Å². The standard InChI is InChI=1S/C19H31N3OS.2ClH/c1-2-17-4-5-18(24-17)15-21-11-13-22(14-12-21)19(23)6-3-16-7-9-20-10-8-16;;/h4-5,16,20H,2-3,6-15H2,1H3;2*1H. The Morgan fingerprint density at radius 3 is 2.38 bits per heavy atom. The van der Waals surface area contributed by atoms with Crippen LogP contribution in [-0.4, -0.2) is 55.0 Å². The normalized spacial score (nSPS) is 18.9. The maximum absolute atomic E-state index is 12.4. The van der Waals surface area contributed by atoms with Gasteiger partial charge in [-0.05, 0) is 56.8 Å². The summed E-state index contributed by atoms with van der Waals surface area (Å²) in [5.74, 6) is 1.13. The van der Waals surface area contributed by atoms with Crippen LogP contribution in [0, 0.1) is 5.92 Å². The molecule has 7 heteroatoms. The van der Waals surface area contributed by atoms with E-state index in [2.05, 4.69) is 34.2 Å². The number of carbonyl (C=O) groups excluding carboxylic acids is 1. The molecule has 1 aromatic rings. The molecule has 3 heterocycles. The molecule has 0 saturated carbocycles. The Bertz CT molecular complexity index is 527. The third-order valence-corrected chi connectivity index (χ3v) is 6.61. The number of amides is 1.